The third-order valence-electron chi connectivity index (χ3n) is 1.70. The molecule has 0 fully saturated rings. The van der Waals surface area contributed by atoms with Crippen molar-refractivity contribution in [2.24, 2.45) is 0 Å². The van der Waals surface area contributed by atoms with Gasteiger partial charge in [0.05, 0.1) is 25.5 Å². The summed E-state index contributed by atoms with van der Waals surface area (Å²) >= 11 is 0. The Morgan fingerprint density at radius 2 is 2.40 bits per heavy atom. The van der Waals surface area contributed by atoms with E-state index in [1.165, 1.54) is 19.4 Å². The molecule has 0 unspecified atom stereocenters. The second-order valence-corrected chi connectivity index (χ2v) is 2.60. The first kappa shape index (κ1) is 11.0. The molecule has 78 valence electrons. The van der Waals surface area contributed by atoms with Crippen LogP contribution >= 0.6 is 0 Å². The van der Waals surface area contributed by atoms with Gasteiger partial charge < -0.3 is 9.47 Å². The fraction of sp³-hybridized carbons (Fsp3) is 0.300. The number of esters is 1. The third kappa shape index (κ3) is 2.44. The van der Waals surface area contributed by atoms with Crippen molar-refractivity contribution in [3.8, 4) is 11.8 Å². The van der Waals surface area contributed by atoms with E-state index in [-0.39, 0.29) is 17.9 Å². The number of nitrogens with zero attached hydrogens (tertiary/aromatic N) is 2. The van der Waals surface area contributed by atoms with Gasteiger partial charge >= 0.3 is 5.97 Å². The largest absolute Gasteiger partial charge is 0.495 e. The Balaban J connectivity index is 3.13. The number of ether oxygens (including phenoxy) is 2. The molecule has 1 aromatic heterocycles. The summed E-state index contributed by atoms with van der Waals surface area (Å²) in [6, 6.07) is 3.25. The maximum absolute atomic E-state index is 11.4. The molecule has 0 atom stereocenters. The van der Waals surface area contributed by atoms with E-state index in [0.29, 0.717) is 5.75 Å². The summed E-state index contributed by atoms with van der Waals surface area (Å²) in [6.45, 7) is 1.94. The van der Waals surface area contributed by atoms with Crippen LogP contribution in [0.4, 0.5) is 0 Å². The molecule has 15 heavy (non-hydrogen) atoms. The molecule has 0 aromatic carbocycles. The van der Waals surface area contributed by atoms with E-state index in [1.54, 1.807) is 6.92 Å². The van der Waals surface area contributed by atoms with Gasteiger partial charge in [0.15, 0.2) is 5.69 Å². The van der Waals surface area contributed by atoms with Crippen LogP contribution in [0, 0.1) is 11.3 Å². The van der Waals surface area contributed by atoms with Gasteiger partial charge in [0.25, 0.3) is 0 Å². The predicted molar refractivity (Wildman–Crippen MR) is 51.5 cm³/mol. The number of carbonyl (C=O) groups excluding carboxylic acids is 1. The number of pyridine rings is 1. The normalized spacial score (nSPS) is 9.13. The van der Waals surface area contributed by atoms with Crippen molar-refractivity contribution in [2.75, 3.05) is 13.7 Å². The fourth-order valence-electron chi connectivity index (χ4n) is 1.01. The van der Waals surface area contributed by atoms with Gasteiger partial charge in [-0.3, -0.25) is 0 Å². The number of hydrogen-bond acceptors (Lipinski definition) is 5. The molecule has 0 saturated carbocycles. The molecule has 0 spiro atoms. The Bertz CT molecular complexity index is 410. The van der Waals surface area contributed by atoms with Crippen molar-refractivity contribution in [3.05, 3.63) is 23.5 Å². The lowest BCUT2D eigenvalue weighted by Crippen LogP contribution is -2.08. The van der Waals surface area contributed by atoms with Gasteiger partial charge in [-0.25, -0.2) is 9.78 Å². The van der Waals surface area contributed by atoms with Crippen LogP contribution in [0.1, 0.15) is 23.0 Å². The number of hydrogen-bond donors (Lipinski definition) is 0. The van der Waals surface area contributed by atoms with Crippen LogP contribution in [-0.2, 0) is 4.74 Å². The first-order chi connectivity index (χ1) is 7.22. The van der Waals surface area contributed by atoms with E-state index in [0.717, 1.165) is 0 Å². The lowest BCUT2D eigenvalue weighted by Gasteiger charge is -2.05. The molecule has 0 aliphatic heterocycles. The molecule has 1 heterocycles. The molecular formula is C10H10N2O3. The summed E-state index contributed by atoms with van der Waals surface area (Å²) in [6.07, 6.45) is 1.38. The Morgan fingerprint density at radius 3 is 2.93 bits per heavy atom. The summed E-state index contributed by atoms with van der Waals surface area (Å²) in [5.74, 6) is -0.155. The highest BCUT2D eigenvalue weighted by Crippen LogP contribution is 2.15. The zero-order valence-electron chi connectivity index (χ0n) is 8.48. The van der Waals surface area contributed by atoms with Crippen LogP contribution < -0.4 is 4.74 Å². The SMILES string of the molecule is CCOC(=O)c1cc(OC)cnc1C#N. The van der Waals surface area contributed by atoms with Crippen LogP contribution in [0.15, 0.2) is 12.3 Å². The number of carbonyl (C=O) groups is 1. The summed E-state index contributed by atoms with van der Waals surface area (Å²) in [7, 11) is 1.46. The van der Waals surface area contributed by atoms with Crippen molar-refractivity contribution in [1.29, 1.82) is 5.26 Å². The Kier molecular flexibility index (Phi) is 3.63. The number of methoxy groups -OCH3 is 1. The molecule has 0 aliphatic carbocycles. The average Bonchev–Trinajstić information content (AvgIpc) is 2.28. The molecule has 0 bridgehead atoms. The average molecular weight is 206 g/mol. The van der Waals surface area contributed by atoms with Gasteiger partial charge in [-0.15, -0.1) is 0 Å². The summed E-state index contributed by atoms with van der Waals surface area (Å²) in [5, 5.41) is 8.74. The molecule has 1 aromatic rings. The lowest BCUT2D eigenvalue weighted by molar-refractivity contribution is 0.0525. The van der Waals surface area contributed by atoms with Gasteiger partial charge in [-0.1, -0.05) is 0 Å². The minimum Gasteiger partial charge on any atom is -0.495 e. The highest BCUT2D eigenvalue weighted by atomic mass is 16.5. The first-order valence-electron chi connectivity index (χ1n) is 4.34. The zero-order chi connectivity index (χ0) is 11.3. The van der Waals surface area contributed by atoms with Crippen LogP contribution in [0.5, 0.6) is 5.75 Å². The van der Waals surface area contributed by atoms with Gasteiger partial charge in [-0.05, 0) is 13.0 Å². The molecule has 0 radical (unpaired) electrons. The number of nitriles is 1. The molecule has 0 saturated heterocycles. The molecule has 0 amide bonds. The monoisotopic (exact) mass is 206 g/mol. The lowest BCUT2D eigenvalue weighted by atomic mass is 10.2. The minimum absolute atomic E-state index is 0.0363. The van der Waals surface area contributed by atoms with Crippen LogP contribution in [-0.4, -0.2) is 24.7 Å². The number of rotatable bonds is 3. The van der Waals surface area contributed by atoms with E-state index in [2.05, 4.69) is 4.98 Å². The van der Waals surface area contributed by atoms with E-state index >= 15 is 0 Å². The third-order valence-corrected chi connectivity index (χ3v) is 1.70. The molecule has 5 heteroatoms. The molecule has 5 nitrogen and oxygen atoms in total. The van der Waals surface area contributed by atoms with Crippen molar-refractivity contribution in [1.82, 2.24) is 4.98 Å². The standard InChI is InChI=1S/C10H10N2O3/c1-3-15-10(13)8-4-7(14-2)6-12-9(8)5-11/h4,6H,3H2,1-2H3. The predicted octanol–water partition coefficient (Wildman–Crippen LogP) is 1.14. The van der Waals surface area contributed by atoms with Crippen LogP contribution in [0.25, 0.3) is 0 Å². The molecule has 0 N–H and O–H groups in total. The molecule has 1 rings (SSSR count). The van der Waals surface area contributed by atoms with Gasteiger partial charge in [0, 0.05) is 0 Å². The topological polar surface area (TPSA) is 72.2 Å². The van der Waals surface area contributed by atoms with Gasteiger partial charge in [0.2, 0.25) is 0 Å². The van der Waals surface area contributed by atoms with E-state index < -0.39 is 5.97 Å². The summed E-state index contributed by atoms with van der Waals surface area (Å²) in [5.41, 5.74) is 0.160. The number of aromatic nitrogens is 1. The second-order valence-electron chi connectivity index (χ2n) is 2.60. The minimum atomic E-state index is -0.569. The van der Waals surface area contributed by atoms with E-state index in [9.17, 15) is 4.79 Å². The van der Waals surface area contributed by atoms with E-state index in [4.69, 9.17) is 14.7 Å². The highest BCUT2D eigenvalue weighted by molar-refractivity contribution is 5.91. The summed E-state index contributed by atoms with van der Waals surface area (Å²) < 4.78 is 9.69. The van der Waals surface area contributed by atoms with Gasteiger partial charge in [0.1, 0.15) is 11.8 Å². The quantitative estimate of drug-likeness (QED) is 0.693. The van der Waals surface area contributed by atoms with Crippen molar-refractivity contribution in [2.45, 2.75) is 6.92 Å². The van der Waals surface area contributed by atoms with Crippen LogP contribution in [0.2, 0.25) is 0 Å². The summed E-state index contributed by atoms with van der Waals surface area (Å²) in [4.78, 5) is 15.2. The maximum atomic E-state index is 11.4. The Morgan fingerprint density at radius 1 is 1.67 bits per heavy atom. The zero-order valence-corrected chi connectivity index (χ0v) is 8.48. The second kappa shape index (κ2) is 4.96. The van der Waals surface area contributed by atoms with Crippen molar-refractivity contribution in [3.63, 3.8) is 0 Å². The smallest absolute Gasteiger partial charge is 0.341 e. The van der Waals surface area contributed by atoms with Crippen molar-refractivity contribution < 1.29 is 14.3 Å². The Hall–Kier alpha value is -2.09. The highest BCUT2D eigenvalue weighted by Gasteiger charge is 2.14. The first-order valence-corrected chi connectivity index (χ1v) is 4.34. The van der Waals surface area contributed by atoms with E-state index in [1.807, 2.05) is 6.07 Å². The van der Waals surface area contributed by atoms with Crippen LogP contribution in [0.3, 0.4) is 0 Å². The molecule has 0 aliphatic rings. The van der Waals surface area contributed by atoms with Crippen molar-refractivity contribution >= 4 is 5.97 Å². The van der Waals surface area contributed by atoms with Gasteiger partial charge in [-0.2, -0.15) is 5.26 Å². The fourth-order valence-corrected chi connectivity index (χ4v) is 1.01. The Labute approximate surface area is 87.3 Å². The maximum Gasteiger partial charge on any atom is 0.341 e. The molecular weight excluding hydrogens is 196 g/mol.